The molecule has 1 aromatic rings. The Morgan fingerprint density at radius 3 is 2.89 bits per heavy atom. The quantitative estimate of drug-likeness (QED) is 0.604. The van der Waals surface area contributed by atoms with E-state index in [-0.39, 0.29) is 11.9 Å². The maximum atomic E-state index is 12.2. The van der Waals surface area contributed by atoms with Crippen LogP contribution in [0.2, 0.25) is 0 Å². The predicted octanol–water partition coefficient (Wildman–Crippen LogP) is 2.16. The predicted molar refractivity (Wildman–Crippen MR) is 100 cm³/mol. The molecule has 0 radical (unpaired) electrons. The van der Waals surface area contributed by atoms with Crippen molar-refractivity contribution in [2.45, 2.75) is 38.1 Å². The minimum atomic E-state index is -2.81. The van der Waals surface area contributed by atoms with Gasteiger partial charge in [0.2, 0.25) is 0 Å². The fourth-order valence-corrected chi connectivity index (χ4v) is 3.72. The van der Waals surface area contributed by atoms with Crippen molar-refractivity contribution in [2.75, 3.05) is 40.3 Å². The summed E-state index contributed by atoms with van der Waals surface area (Å²) in [5.74, 6) is 0.934. The number of benzene rings is 1. The van der Waals surface area contributed by atoms with E-state index in [1.54, 1.807) is 31.3 Å². The summed E-state index contributed by atoms with van der Waals surface area (Å²) in [5.41, 5.74) is 0.982. The molecule has 2 atom stereocenters. The average Bonchev–Trinajstić information content (AvgIpc) is 3.11. The van der Waals surface area contributed by atoms with Crippen LogP contribution in [-0.2, 0) is 11.3 Å². The van der Waals surface area contributed by atoms with Gasteiger partial charge in [-0.25, -0.2) is 0 Å². The van der Waals surface area contributed by atoms with Gasteiger partial charge in [0.1, 0.15) is 5.75 Å². The number of aliphatic imine (C=N–C) groups is 1. The van der Waals surface area contributed by atoms with Gasteiger partial charge in [-0.3, -0.25) is 9.89 Å². The fraction of sp³-hybridized carbons (Fsp3) is 0.632. The Bertz CT molecular complexity index is 627. The molecule has 27 heavy (non-hydrogen) atoms. The van der Waals surface area contributed by atoms with E-state index in [0.29, 0.717) is 19.1 Å². The number of guanidine groups is 1. The number of fused-ring (bicyclic) bond motifs is 1. The molecule has 6 nitrogen and oxygen atoms in total. The first-order chi connectivity index (χ1) is 13.0. The van der Waals surface area contributed by atoms with Crippen LogP contribution in [0.4, 0.5) is 8.78 Å². The molecule has 2 fully saturated rings. The molecule has 150 valence electrons. The number of ether oxygens (including phenoxy) is 2. The number of hydrogen-bond donors (Lipinski definition) is 1. The number of hydrogen-bond acceptors (Lipinski definition) is 4. The molecular weight excluding hydrogens is 354 g/mol. The van der Waals surface area contributed by atoms with Gasteiger partial charge in [-0.2, -0.15) is 8.78 Å². The zero-order valence-corrected chi connectivity index (χ0v) is 15.9. The molecule has 0 spiro atoms. The zero-order chi connectivity index (χ0) is 19.2. The van der Waals surface area contributed by atoms with E-state index in [0.717, 1.165) is 24.7 Å². The number of alkyl halides is 2. The van der Waals surface area contributed by atoms with Gasteiger partial charge in [0.25, 0.3) is 0 Å². The summed E-state index contributed by atoms with van der Waals surface area (Å²) in [6, 6.07) is 7.25. The molecule has 0 saturated carbocycles. The minimum absolute atomic E-state index is 0.161. The first-order valence-electron chi connectivity index (χ1n) is 9.36. The average molecular weight is 382 g/mol. The number of halogens is 2. The molecule has 2 aliphatic rings. The number of morpholine rings is 1. The van der Waals surface area contributed by atoms with Gasteiger partial charge in [0, 0.05) is 39.8 Å². The fourth-order valence-electron chi connectivity index (χ4n) is 3.72. The maximum absolute atomic E-state index is 12.2. The third-order valence-electron chi connectivity index (χ3n) is 5.09. The van der Waals surface area contributed by atoms with Crippen molar-refractivity contribution >= 4 is 5.96 Å². The van der Waals surface area contributed by atoms with E-state index in [9.17, 15) is 8.78 Å². The SMILES string of the molecule is CN=C(NCC1CN2CCCC2CO1)N(C)Cc1ccc(OC(F)F)cc1. The molecule has 3 rings (SSSR count). The van der Waals surface area contributed by atoms with Crippen molar-refractivity contribution in [3.8, 4) is 5.75 Å². The topological polar surface area (TPSA) is 49.3 Å². The highest BCUT2D eigenvalue weighted by molar-refractivity contribution is 5.79. The molecule has 2 unspecified atom stereocenters. The van der Waals surface area contributed by atoms with Gasteiger partial charge in [-0.1, -0.05) is 12.1 Å². The summed E-state index contributed by atoms with van der Waals surface area (Å²) >= 11 is 0. The van der Waals surface area contributed by atoms with E-state index >= 15 is 0 Å². The Labute approximate surface area is 159 Å². The van der Waals surface area contributed by atoms with E-state index < -0.39 is 6.61 Å². The van der Waals surface area contributed by atoms with Crippen LogP contribution in [-0.4, -0.2) is 74.9 Å². The molecule has 2 aliphatic heterocycles. The van der Waals surface area contributed by atoms with Gasteiger partial charge < -0.3 is 19.7 Å². The van der Waals surface area contributed by atoms with E-state index in [1.807, 2.05) is 11.9 Å². The van der Waals surface area contributed by atoms with Crippen LogP contribution < -0.4 is 10.1 Å². The number of nitrogens with one attached hydrogen (secondary N) is 1. The number of nitrogens with zero attached hydrogens (tertiary/aromatic N) is 3. The molecule has 2 saturated heterocycles. The molecule has 1 N–H and O–H groups in total. The molecule has 0 aromatic heterocycles. The van der Waals surface area contributed by atoms with Gasteiger partial charge in [-0.05, 0) is 37.1 Å². The van der Waals surface area contributed by atoms with Crippen LogP contribution in [0.1, 0.15) is 18.4 Å². The Balaban J connectivity index is 1.47. The second kappa shape index (κ2) is 9.32. The first-order valence-corrected chi connectivity index (χ1v) is 9.36. The molecule has 1 aromatic carbocycles. The van der Waals surface area contributed by atoms with Gasteiger partial charge in [0.15, 0.2) is 5.96 Å². The highest BCUT2D eigenvalue weighted by Gasteiger charge is 2.32. The lowest BCUT2D eigenvalue weighted by Gasteiger charge is -2.35. The molecule has 8 heteroatoms. The molecule has 2 heterocycles. The first kappa shape index (κ1) is 19.8. The molecule has 0 amide bonds. The van der Waals surface area contributed by atoms with Gasteiger partial charge >= 0.3 is 6.61 Å². The second-order valence-electron chi connectivity index (χ2n) is 7.05. The van der Waals surface area contributed by atoms with Crippen LogP contribution in [0.5, 0.6) is 5.75 Å². The Morgan fingerprint density at radius 2 is 2.19 bits per heavy atom. The highest BCUT2D eigenvalue weighted by Crippen LogP contribution is 2.22. The van der Waals surface area contributed by atoms with E-state index in [2.05, 4.69) is 19.9 Å². The highest BCUT2D eigenvalue weighted by atomic mass is 19.3. The van der Waals surface area contributed by atoms with Crippen molar-refractivity contribution in [1.29, 1.82) is 0 Å². The van der Waals surface area contributed by atoms with Gasteiger partial charge in [0.05, 0.1) is 12.7 Å². The normalized spacial score (nSPS) is 23.4. The largest absolute Gasteiger partial charge is 0.435 e. The van der Waals surface area contributed by atoms with Crippen molar-refractivity contribution in [2.24, 2.45) is 4.99 Å². The van der Waals surface area contributed by atoms with Crippen molar-refractivity contribution in [1.82, 2.24) is 15.1 Å². The summed E-state index contributed by atoms with van der Waals surface area (Å²) < 4.78 is 34.8. The van der Waals surface area contributed by atoms with E-state index in [4.69, 9.17) is 4.74 Å². The maximum Gasteiger partial charge on any atom is 0.387 e. The second-order valence-corrected chi connectivity index (χ2v) is 7.05. The van der Waals surface area contributed by atoms with Crippen LogP contribution in [0.15, 0.2) is 29.3 Å². The van der Waals surface area contributed by atoms with Crippen LogP contribution >= 0.6 is 0 Å². The van der Waals surface area contributed by atoms with Crippen molar-refractivity contribution in [3.63, 3.8) is 0 Å². The summed E-state index contributed by atoms with van der Waals surface area (Å²) in [5, 5.41) is 3.38. The molecular formula is C19H28F2N4O2. The van der Waals surface area contributed by atoms with Crippen molar-refractivity contribution in [3.05, 3.63) is 29.8 Å². The van der Waals surface area contributed by atoms with Crippen molar-refractivity contribution < 1.29 is 18.3 Å². The Morgan fingerprint density at radius 1 is 1.41 bits per heavy atom. The summed E-state index contributed by atoms with van der Waals surface area (Å²) in [6.07, 6.45) is 2.67. The Kier molecular flexibility index (Phi) is 6.84. The zero-order valence-electron chi connectivity index (χ0n) is 15.9. The summed E-state index contributed by atoms with van der Waals surface area (Å²) in [6.45, 7) is 1.46. The molecule has 0 bridgehead atoms. The third kappa shape index (κ3) is 5.52. The number of rotatable bonds is 6. The van der Waals surface area contributed by atoms with E-state index in [1.165, 1.54) is 19.4 Å². The van der Waals surface area contributed by atoms with Crippen LogP contribution in [0.25, 0.3) is 0 Å². The lowest BCUT2D eigenvalue weighted by molar-refractivity contribution is -0.0498. The molecule has 0 aliphatic carbocycles. The minimum Gasteiger partial charge on any atom is -0.435 e. The smallest absolute Gasteiger partial charge is 0.387 e. The third-order valence-corrected chi connectivity index (χ3v) is 5.09. The monoisotopic (exact) mass is 382 g/mol. The summed E-state index contributed by atoms with van der Waals surface area (Å²) in [7, 11) is 3.69. The summed E-state index contributed by atoms with van der Waals surface area (Å²) in [4.78, 5) is 8.84. The standard InChI is InChI=1S/C19H28F2N4O2/c1-22-19(23-10-17-12-25-9-3-4-15(25)13-26-17)24(2)11-14-5-7-16(8-6-14)27-18(20)21/h5-8,15,17-18H,3-4,9-13H2,1-2H3,(H,22,23). The van der Waals surface area contributed by atoms with Crippen LogP contribution in [0.3, 0.4) is 0 Å². The Hall–Kier alpha value is -1.93. The van der Waals surface area contributed by atoms with Gasteiger partial charge in [-0.15, -0.1) is 0 Å². The van der Waals surface area contributed by atoms with Crippen LogP contribution in [0, 0.1) is 0 Å². The lowest BCUT2D eigenvalue weighted by Crippen LogP contribution is -2.51. The lowest BCUT2D eigenvalue weighted by atomic mass is 10.2.